The Labute approximate surface area is 91.4 Å². The molecule has 0 aliphatic rings. The van der Waals surface area contributed by atoms with Gasteiger partial charge in [-0.05, 0) is 13.8 Å². The molecule has 0 spiro atoms. The van der Waals surface area contributed by atoms with Gasteiger partial charge in [0.25, 0.3) is 0 Å². The molecule has 15 heavy (non-hydrogen) atoms. The SMILES string of the molecule is CCn1nc(C)c([N+](=O)[O-])c1SCCO. The second kappa shape index (κ2) is 5.13. The molecule has 0 atom stereocenters. The molecule has 84 valence electrons. The van der Waals surface area contributed by atoms with E-state index in [9.17, 15) is 10.1 Å². The van der Waals surface area contributed by atoms with Gasteiger partial charge in [0.15, 0.2) is 5.03 Å². The molecule has 0 aliphatic heterocycles. The molecule has 1 N–H and O–H groups in total. The molecule has 0 aliphatic carbocycles. The van der Waals surface area contributed by atoms with Crippen LogP contribution in [0.2, 0.25) is 0 Å². The number of aliphatic hydroxyl groups is 1. The summed E-state index contributed by atoms with van der Waals surface area (Å²) in [5.74, 6) is 0.436. The van der Waals surface area contributed by atoms with Gasteiger partial charge in [-0.2, -0.15) is 5.10 Å². The van der Waals surface area contributed by atoms with E-state index in [2.05, 4.69) is 5.10 Å². The van der Waals surface area contributed by atoms with Crippen LogP contribution in [0.4, 0.5) is 5.69 Å². The maximum absolute atomic E-state index is 10.8. The molecule has 0 fully saturated rings. The monoisotopic (exact) mass is 231 g/mol. The number of aryl methyl sites for hydroxylation is 2. The number of thioether (sulfide) groups is 1. The highest BCUT2D eigenvalue weighted by molar-refractivity contribution is 7.99. The molecule has 6 nitrogen and oxygen atoms in total. The van der Waals surface area contributed by atoms with E-state index in [0.29, 0.717) is 23.0 Å². The van der Waals surface area contributed by atoms with Crippen molar-refractivity contribution in [2.24, 2.45) is 0 Å². The Balaban J connectivity index is 3.11. The Morgan fingerprint density at radius 2 is 2.33 bits per heavy atom. The van der Waals surface area contributed by atoms with E-state index in [1.54, 1.807) is 11.6 Å². The average molecular weight is 231 g/mol. The Bertz CT molecular complexity index is 364. The van der Waals surface area contributed by atoms with Gasteiger partial charge in [0.2, 0.25) is 0 Å². The first kappa shape index (κ1) is 12.0. The topological polar surface area (TPSA) is 81.2 Å². The maximum Gasteiger partial charge on any atom is 0.323 e. The van der Waals surface area contributed by atoms with Gasteiger partial charge in [0.1, 0.15) is 5.69 Å². The van der Waals surface area contributed by atoms with E-state index in [-0.39, 0.29) is 12.3 Å². The summed E-state index contributed by atoms with van der Waals surface area (Å²) in [7, 11) is 0. The van der Waals surface area contributed by atoms with E-state index >= 15 is 0 Å². The number of nitrogens with zero attached hydrogens (tertiary/aromatic N) is 3. The van der Waals surface area contributed by atoms with Crippen molar-refractivity contribution in [2.45, 2.75) is 25.4 Å². The van der Waals surface area contributed by atoms with Gasteiger partial charge >= 0.3 is 5.69 Å². The molecule has 0 amide bonds. The molecule has 0 radical (unpaired) electrons. The number of hydrogen-bond acceptors (Lipinski definition) is 5. The lowest BCUT2D eigenvalue weighted by Gasteiger charge is -2.01. The molecule has 0 saturated carbocycles. The smallest absolute Gasteiger partial charge is 0.323 e. The van der Waals surface area contributed by atoms with Crippen molar-refractivity contribution in [3.63, 3.8) is 0 Å². The zero-order valence-corrected chi connectivity index (χ0v) is 9.45. The summed E-state index contributed by atoms with van der Waals surface area (Å²) in [6.45, 7) is 4.07. The van der Waals surface area contributed by atoms with Gasteiger partial charge in [0.05, 0.1) is 11.5 Å². The van der Waals surface area contributed by atoms with Crippen molar-refractivity contribution < 1.29 is 10.0 Å². The third kappa shape index (κ3) is 2.48. The third-order valence-electron chi connectivity index (χ3n) is 1.86. The van der Waals surface area contributed by atoms with Gasteiger partial charge in [0, 0.05) is 12.3 Å². The number of rotatable bonds is 5. The highest BCUT2D eigenvalue weighted by atomic mass is 32.2. The Hall–Kier alpha value is -1.08. The zero-order chi connectivity index (χ0) is 11.4. The molecule has 0 aromatic carbocycles. The van der Waals surface area contributed by atoms with E-state index in [1.807, 2.05) is 6.92 Å². The molecule has 0 unspecified atom stereocenters. The summed E-state index contributed by atoms with van der Waals surface area (Å²) in [5.41, 5.74) is 0.470. The quantitative estimate of drug-likeness (QED) is 0.468. The second-order valence-corrected chi connectivity index (χ2v) is 3.97. The van der Waals surface area contributed by atoms with Crippen molar-refractivity contribution >= 4 is 17.4 Å². The van der Waals surface area contributed by atoms with Crippen molar-refractivity contribution in [1.29, 1.82) is 0 Å². The minimum absolute atomic E-state index is 0.00420. The average Bonchev–Trinajstić information content (AvgIpc) is 2.51. The van der Waals surface area contributed by atoms with Crippen LogP contribution in [-0.2, 0) is 6.54 Å². The summed E-state index contributed by atoms with van der Waals surface area (Å²) < 4.78 is 1.59. The van der Waals surface area contributed by atoms with Crippen LogP contribution in [0.25, 0.3) is 0 Å². The van der Waals surface area contributed by atoms with E-state index in [4.69, 9.17) is 5.11 Å². The van der Waals surface area contributed by atoms with Gasteiger partial charge in [-0.15, -0.1) is 0 Å². The predicted molar refractivity (Wildman–Crippen MR) is 57.1 cm³/mol. The highest BCUT2D eigenvalue weighted by Gasteiger charge is 2.24. The third-order valence-corrected chi connectivity index (χ3v) is 2.93. The first-order chi connectivity index (χ1) is 7.11. The summed E-state index contributed by atoms with van der Waals surface area (Å²) in [6.07, 6.45) is 0. The fourth-order valence-electron chi connectivity index (χ4n) is 1.26. The maximum atomic E-state index is 10.8. The van der Waals surface area contributed by atoms with Crippen LogP contribution >= 0.6 is 11.8 Å². The Kier molecular flexibility index (Phi) is 4.10. The summed E-state index contributed by atoms with van der Waals surface area (Å²) in [4.78, 5) is 10.4. The Morgan fingerprint density at radius 3 is 2.80 bits per heavy atom. The van der Waals surface area contributed by atoms with Crippen LogP contribution in [0, 0.1) is 17.0 Å². The normalized spacial score (nSPS) is 10.6. The number of hydrogen-bond donors (Lipinski definition) is 1. The number of aromatic nitrogens is 2. The van der Waals surface area contributed by atoms with Crippen molar-refractivity contribution in [1.82, 2.24) is 9.78 Å². The first-order valence-corrected chi connectivity index (χ1v) is 5.55. The Morgan fingerprint density at radius 1 is 1.67 bits per heavy atom. The van der Waals surface area contributed by atoms with Crippen molar-refractivity contribution in [2.75, 3.05) is 12.4 Å². The van der Waals surface area contributed by atoms with Crippen molar-refractivity contribution in [3.05, 3.63) is 15.8 Å². The number of aliphatic hydroxyl groups excluding tert-OH is 1. The van der Waals surface area contributed by atoms with Gasteiger partial charge < -0.3 is 5.11 Å². The summed E-state index contributed by atoms with van der Waals surface area (Å²) in [5, 5.41) is 24.1. The molecule has 0 saturated heterocycles. The number of nitro groups is 1. The zero-order valence-electron chi connectivity index (χ0n) is 8.63. The molecule has 0 bridgehead atoms. The molecule has 1 heterocycles. The first-order valence-electron chi connectivity index (χ1n) is 4.57. The van der Waals surface area contributed by atoms with E-state index < -0.39 is 4.92 Å². The van der Waals surface area contributed by atoms with Crippen LogP contribution < -0.4 is 0 Å². The van der Waals surface area contributed by atoms with Crippen LogP contribution in [0.5, 0.6) is 0 Å². The van der Waals surface area contributed by atoms with Crippen LogP contribution in [0.15, 0.2) is 5.03 Å². The van der Waals surface area contributed by atoms with E-state index in [1.165, 1.54) is 11.8 Å². The second-order valence-electron chi connectivity index (χ2n) is 2.88. The summed E-state index contributed by atoms with van der Waals surface area (Å²) >= 11 is 1.26. The van der Waals surface area contributed by atoms with Crippen molar-refractivity contribution in [3.8, 4) is 0 Å². The minimum Gasteiger partial charge on any atom is -0.396 e. The van der Waals surface area contributed by atoms with Crippen LogP contribution in [0.3, 0.4) is 0 Å². The standard InChI is InChI=1S/C8H13N3O3S/c1-3-10-8(15-5-4-12)7(11(13)14)6(2)9-10/h12H,3-5H2,1-2H3. The highest BCUT2D eigenvalue weighted by Crippen LogP contribution is 2.31. The van der Waals surface area contributed by atoms with Gasteiger partial charge in [-0.25, -0.2) is 0 Å². The fraction of sp³-hybridized carbons (Fsp3) is 0.625. The lowest BCUT2D eigenvalue weighted by Crippen LogP contribution is -2.00. The van der Waals surface area contributed by atoms with Crippen LogP contribution in [0.1, 0.15) is 12.6 Å². The largest absolute Gasteiger partial charge is 0.396 e. The lowest BCUT2D eigenvalue weighted by atomic mass is 10.4. The van der Waals surface area contributed by atoms with E-state index in [0.717, 1.165) is 0 Å². The molecule has 7 heteroatoms. The van der Waals surface area contributed by atoms with Gasteiger partial charge in [-0.3, -0.25) is 14.8 Å². The van der Waals surface area contributed by atoms with Crippen LogP contribution in [-0.4, -0.2) is 32.2 Å². The molecule has 1 aromatic rings. The van der Waals surface area contributed by atoms with Gasteiger partial charge in [-0.1, -0.05) is 11.8 Å². The summed E-state index contributed by atoms with van der Waals surface area (Å²) in [6, 6.07) is 0. The lowest BCUT2D eigenvalue weighted by molar-refractivity contribution is -0.388. The minimum atomic E-state index is -0.422. The molecule has 1 aromatic heterocycles. The predicted octanol–water partition coefficient (Wildman–Crippen LogP) is 1.20. The fourth-order valence-corrected chi connectivity index (χ4v) is 2.22. The molecule has 1 rings (SSSR count). The molecular formula is C8H13N3O3S. The molecular weight excluding hydrogens is 218 g/mol.